The number of unbranched alkanes of at least 4 members (excludes halogenated alkanes) is 2. The number of allylic oxidation sites excluding steroid dienone is 6. The molecule has 5 N–H and O–H groups in total. The smallest absolute Gasteiger partial charge is 0.303 e. The first kappa shape index (κ1) is 24.3. The van der Waals surface area contributed by atoms with Crippen LogP contribution in [0.4, 0.5) is 0 Å². The first-order valence-corrected chi connectivity index (χ1v) is 9.02. The number of carboxylic acid groups (broad SMARTS) is 1. The largest absolute Gasteiger partial charge is 0.481 e. The van der Waals surface area contributed by atoms with E-state index in [2.05, 4.69) is 0 Å². The molecule has 0 spiro atoms. The van der Waals surface area contributed by atoms with E-state index in [1.54, 1.807) is 42.5 Å². The van der Waals surface area contributed by atoms with E-state index in [9.17, 15) is 20.1 Å². The van der Waals surface area contributed by atoms with Crippen molar-refractivity contribution >= 4 is 5.97 Å². The van der Waals surface area contributed by atoms with Crippen LogP contribution in [0, 0.1) is 0 Å². The topological polar surface area (TPSA) is 118 Å². The second-order valence-corrected chi connectivity index (χ2v) is 6.02. The molecule has 0 saturated heterocycles. The standard InChI is InChI=1S/C20H32O6/c21-16-9-5-8-14-19(24)18(23)13-7-4-2-1-3-6-11-17(22)12-10-15-20(25)26/h1-4,6-7,11,13,17-19,21-24H,5,8-10,12,14-16H2,(H,25,26)/b3-1-,4-2+,11-6+,13-7+/t17-,18-,19+/m1/s1. The second kappa shape index (κ2) is 16.7. The summed E-state index contributed by atoms with van der Waals surface area (Å²) in [6.07, 6.45) is 14.7. The Hall–Kier alpha value is -1.73. The molecule has 0 fully saturated rings. The molecule has 0 aliphatic heterocycles. The van der Waals surface area contributed by atoms with Gasteiger partial charge in [0, 0.05) is 13.0 Å². The fourth-order valence-electron chi connectivity index (χ4n) is 2.13. The van der Waals surface area contributed by atoms with Gasteiger partial charge in [-0.05, 0) is 25.7 Å². The fourth-order valence-corrected chi connectivity index (χ4v) is 2.13. The maximum Gasteiger partial charge on any atom is 0.303 e. The third kappa shape index (κ3) is 15.8. The van der Waals surface area contributed by atoms with E-state index in [1.165, 1.54) is 6.08 Å². The molecule has 0 aromatic heterocycles. The van der Waals surface area contributed by atoms with Crippen molar-refractivity contribution in [2.75, 3.05) is 6.61 Å². The molecule has 26 heavy (non-hydrogen) atoms. The van der Waals surface area contributed by atoms with Gasteiger partial charge in [0.05, 0.1) is 18.3 Å². The summed E-state index contributed by atoms with van der Waals surface area (Å²) in [5, 5.41) is 46.3. The third-order valence-corrected chi connectivity index (χ3v) is 3.64. The molecule has 6 heteroatoms. The van der Waals surface area contributed by atoms with Crippen LogP contribution in [0.25, 0.3) is 0 Å². The lowest BCUT2D eigenvalue weighted by molar-refractivity contribution is -0.137. The molecule has 6 nitrogen and oxygen atoms in total. The van der Waals surface area contributed by atoms with Crippen molar-refractivity contribution < 1.29 is 30.3 Å². The molecule has 0 aromatic carbocycles. The van der Waals surface area contributed by atoms with Gasteiger partial charge in [0.2, 0.25) is 0 Å². The predicted octanol–water partition coefficient (Wildman–Crippen LogP) is 2.10. The highest BCUT2D eigenvalue weighted by Gasteiger charge is 2.11. The molecule has 148 valence electrons. The van der Waals surface area contributed by atoms with Gasteiger partial charge < -0.3 is 25.5 Å². The van der Waals surface area contributed by atoms with E-state index in [1.807, 2.05) is 0 Å². The minimum Gasteiger partial charge on any atom is -0.481 e. The lowest BCUT2D eigenvalue weighted by Crippen LogP contribution is -2.23. The van der Waals surface area contributed by atoms with Crippen LogP contribution in [0.15, 0.2) is 48.6 Å². The van der Waals surface area contributed by atoms with Crippen molar-refractivity contribution in [3.63, 3.8) is 0 Å². The minimum absolute atomic E-state index is 0.0546. The van der Waals surface area contributed by atoms with Crippen molar-refractivity contribution in [3.05, 3.63) is 48.6 Å². The molecule has 0 amide bonds. The lowest BCUT2D eigenvalue weighted by Gasteiger charge is -2.13. The third-order valence-electron chi connectivity index (χ3n) is 3.64. The molecular weight excluding hydrogens is 336 g/mol. The summed E-state index contributed by atoms with van der Waals surface area (Å²) in [5.41, 5.74) is 0. The Morgan fingerprint density at radius 3 is 2.00 bits per heavy atom. The van der Waals surface area contributed by atoms with Crippen LogP contribution in [-0.4, -0.2) is 56.4 Å². The van der Waals surface area contributed by atoms with Crippen LogP contribution in [0.1, 0.15) is 44.9 Å². The Labute approximate surface area is 155 Å². The van der Waals surface area contributed by atoms with Gasteiger partial charge in [-0.25, -0.2) is 0 Å². The predicted molar refractivity (Wildman–Crippen MR) is 102 cm³/mol. The number of hydrogen-bond donors (Lipinski definition) is 5. The number of rotatable bonds is 15. The van der Waals surface area contributed by atoms with E-state index >= 15 is 0 Å². The van der Waals surface area contributed by atoms with Crippen LogP contribution >= 0.6 is 0 Å². The van der Waals surface area contributed by atoms with Gasteiger partial charge in [-0.15, -0.1) is 0 Å². The quantitative estimate of drug-likeness (QED) is 0.223. The number of aliphatic hydroxyl groups is 4. The zero-order valence-electron chi connectivity index (χ0n) is 15.2. The van der Waals surface area contributed by atoms with Gasteiger partial charge in [0.1, 0.15) is 0 Å². The van der Waals surface area contributed by atoms with Crippen LogP contribution < -0.4 is 0 Å². The van der Waals surface area contributed by atoms with Gasteiger partial charge in [-0.2, -0.15) is 0 Å². The minimum atomic E-state index is -0.918. The van der Waals surface area contributed by atoms with Crippen molar-refractivity contribution in [2.45, 2.75) is 63.3 Å². The summed E-state index contributed by atoms with van der Waals surface area (Å²) in [5.74, 6) is -0.862. The molecule has 3 atom stereocenters. The van der Waals surface area contributed by atoms with Gasteiger partial charge in [0.25, 0.3) is 0 Å². The SMILES string of the molecule is O=C(O)CCC[C@H](O)/C=C/C=C\C=C\C=C\[C@@H](O)[C@@H](O)CCCCCO. The Bertz CT molecular complexity index is 467. The molecule has 0 heterocycles. The van der Waals surface area contributed by atoms with E-state index in [-0.39, 0.29) is 13.0 Å². The maximum absolute atomic E-state index is 10.4. The van der Waals surface area contributed by atoms with Crippen LogP contribution in [0.3, 0.4) is 0 Å². The summed E-state index contributed by atoms with van der Waals surface area (Å²) in [4.78, 5) is 10.4. The molecular formula is C20H32O6. The highest BCUT2D eigenvalue weighted by atomic mass is 16.4. The van der Waals surface area contributed by atoms with Gasteiger partial charge in [-0.3, -0.25) is 4.79 Å². The molecule has 0 aliphatic carbocycles. The Morgan fingerprint density at radius 2 is 1.38 bits per heavy atom. The van der Waals surface area contributed by atoms with E-state index < -0.39 is 24.3 Å². The number of carboxylic acids is 1. The molecule has 0 rings (SSSR count). The molecule has 0 bridgehead atoms. The van der Waals surface area contributed by atoms with Gasteiger partial charge in [0.15, 0.2) is 0 Å². The van der Waals surface area contributed by atoms with Crippen LogP contribution in [0.5, 0.6) is 0 Å². The summed E-state index contributed by atoms with van der Waals surface area (Å²) in [6.45, 7) is 0.149. The number of aliphatic hydroxyl groups excluding tert-OH is 4. The van der Waals surface area contributed by atoms with Crippen molar-refractivity contribution in [1.82, 2.24) is 0 Å². The highest BCUT2D eigenvalue weighted by Crippen LogP contribution is 2.08. The van der Waals surface area contributed by atoms with Crippen molar-refractivity contribution in [2.24, 2.45) is 0 Å². The van der Waals surface area contributed by atoms with Crippen molar-refractivity contribution in [1.29, 1.82) is 0 Å². The van der Waals surface area contributed by atoms with E-state index in [0.717, 1.165) is 12.8 Å². The fraction of sp³-hybridized carbons (Fsp3) is 0.550. The first-order chi connectivity index (χ1) is 12.5. The highest BCUT2D eigenvalue weighted by molar-refractivity contribution is 5.66. The van der Waals surface area contributed by atoms with E-state index in [4.69, 9.17) is 10.2 Å². The molecule has 0 unspecified atom stereocenters. The van der Waals surface area contributed by atoms with E-state index in [0.29, 0.717) is 25.7 Å². The summed E-state index contributed by atoms with van der Waals surface area (Å²) in [7, 11) is 0. The number of hydrogen-bond acceptors (Lipinski definition) is 5. The molecule has 0 aliphatic rings. The summed E-state index contributed by atoms with van der Waals surface area (Å²) >= 11 is 0. The van der Waals surface area contributed by atoms with Crippen LogP contribution in [-0.2, 0) is 4.79 Å². The lowest BCUT2D eigenvalue weighted by atomic mass is 10.1. The second-order valence-electron chi connectivity index (χ2n) is 6.02. The Balaban J connectivity index is 3.94. The summed E-state index contributed by atoms with van der Waals surface area (Å²) < 4.78 is 0. The Morgan fingerprint density at radius 1 is 0.769 bits per heavy atom. The Kier molecular flexibility index (Phi) is 15.6. The normalized spacial score (nSPS) is 16.2. The number of aliphatic carboxylic acids is 1. The van der Waals surface area contributed by atoms with Crippen LogP contribution in [0.2, 0.25) is 0 Å². The zero-order valence-corrected chi connectivity index (χ0v) is 15.2. The monoisotopic (exact) mass is 368 g/mol. The maximum atomic E-state index is 10.4. The molecule has 0 saturated carbocycles. The summed E-state index contributed by atoms with van der Waals surface area (Å²) in [6, 6.07) is 0. The van der Waals surface area contributed by atoms with Gasteiger partial charge >= 0.3 is 5.97 Å². The zero-order chi connectivity index (χ0) is 19.6. The first-order valence-electron chi connectivity index (χ1n) is 9.02. The van der Waals surface area contributed by atoms with Gasteiger partial charge in [-0.1, -0.05) is 61.4 Å². The van der Waals surface area contributed by atoms with Crippen molar-refractivity contribution in [3.8, 4) is 0 Å². The average molecular weight is 368 g/mol. The molecule has 0 radical (unpaired) electrons. The molecule has 0 aromatic rings. The number of carbonyl (C=O) groups is 1. The average Bonchev–Trinajstić information content (AvgIpc) is 2.60.